The van der Waals surface area contributed by atoms with E-state index in [2.05, 4.69) is 52.0 Å². The van der Waals surface area contributed by atoms with Crippen molar-refractivity contribution in [1.29, 1.82) is 0 Å². The maximum atomic E-state index is 7.00. The third-order valence-electron chi connectivity index (χ3n) is 9.45. The number of hydrogen-bond acceptors (Lipinski definition) is 0. The summed E-state index contributed by atoms with van der Waals surface area (Å²) in [6.45, 7) is 9.51. The van der Waals surface area contributed by atoms with E-state index in [1.807, 2.05) is 0 Å². The van der Waals surface area contributed by atoms with Crippen LogP contribution in [0.3, 0.4) is 0 Å². The van der Waals surface area contributed by atoms with E-state index >= 15 is 0 Å². The number of fused-ring (bicyclic) bond motifs is 3. The quantitative estimate of drug-likeness (QED) is 0.433. The molecule has 168 valence electrons. The van der Waals surface area contributed by atoms with Gasteiger partial charge in [-0.15, -0.1) is 0 Å². The highest BCUT2D eigenvalue weighted by Crippen LogP contribution is 2.48. The monoisotopic (exact) mass is 424 g/mol. The Bertz CT molecular complexity index is 891. The minimum absolute atomic E-state index is 0.0395. The number of hydrogen-bond donors (Lipinski definition) is 0. The van der Waals surface area contributed by atoms with Crippen LogP contribution in [0.1, 0.15) is 104 Å². The topological polar surface area (TPSA) is 0 Å². The lowest BCUT2D eigenvalue weighted by molar-refractivity contribution is 0.288. The molecule has 3 aliphatic rings. The molecule has 2 aromatic rings. The van der Waals surface area contributed by atoms with Crippen LogP contribution in [0, 0.1) is 37.5 Å². The Hall–Kier alpha value is -1.50. The Morgan fingerprint density at radius 2 is 1.00 bits per heavy atom. The van der Waals surface area contributed by atoms with Crippen LogP contribution in [0.15, 0.2) is 24.3 Å². The first kappa shape index (κ1) is 22.3. The Kier molecular flexibility index (Phi) is 6.30. The van der Waals surface area contributed by atoms with Gasteiger partial charge in [0.15, 0.2) is 0 Å². The maximum absolute atomic E-state index is 7.00. The molecule has 1 heteroatoms. The summed E-state index contributed by atoms with van der Waals surface area (Å²) in [5.74, 6) is 3.59. The minimum atomic E-state index is 0.0395. The SMILES string of the molecule is [B]C1c2c(ccc(CC3CCC(C)CC3)c2C)-c2ccc(CC3CCC(C)CC3)c(C)c21. The van der Waals surface area contributed by atoms with Crippen molar-refractivity contribution in [3.63, 3.8) is 0 Å². The van der Waals surface area contributed by atoms with Crippen molar-refractivity contribution in [2.45, 2.75) is 97.7 Å². The molecule has 0 atom stereocenters. The first-order valence-corrected chi connectivity index (χ1v) is 13.4. The molecule has 0 heterocycles. The van der Waals surface area contributed by atoms with Gasteiger partial charge in [-0.2, -0.15) is 0 Å². The van der Waals surface area contributed by atoms with Gasteiger partial charge in [-0.1, -0.05) is 63.8 Å². The smallest absolute Gasteiger partial charge is 0.0625 e. The van der Waals surface area contributed by atoms with E-state index < -0.39 is 0 Å². The molecule has 32 heavy (non-hydrogen) atoms. The zero-order valence-corrected chi connectivity index (χ0v) is 20.8. The lowest BCUT2D eigenvalue weighted by atomic mass is 9.73. The second-order valence-electron chi connectivity index (χ2n) is 11.8. The molecule has 0 amide bonds. The standard InChI is InChI=1S/C31H41B/c1-19-5-9-23(10-6-19)17-25-13-15-27-28-16-14-26(18-24-11-7-20(2)8-12-24)22(4)30(28)31(32)29(27)21(25)3/h13-16,19-20,23-24,31H,5-12,17-18H2,1-4H3. The molecule has 0 aliphatic heterocycles. The van der Waals surface area contributed by atoms with Crippen LogP contribution in [0.5, 0.6) is 0 Å². The molecule has 2 radical (unpaired) electrons. The largest absolute Gasteiger partial charge is 0.0829 e. The number of rotatable bonds is 4. The van der Waals surface area contributed by atoms with Crippen LogP contribution >= 0.6 is 0 Å². The van der Waals surface area contributed by atoms with E-state index in [1.54, 1.807) is 11.1 Å². The van der Waals surface area contributed by atoms with Gasteiger partial charge in [-0.05, 0) is 126 Å². The molecule has 3 aliphatic carbocycles. The molecule has 0 N–H and O–H groups in total. The van der Waals surface area contributed by atoms with Gasteiger partial charge >= 0.3 is 0 Å². The summed E-state index contributed by atoms with van der Waals surface area (Å²) in [6.07, 6.45) is 13.7. The van der Waals surface area contributed by atoms with Gasteiger partial charge in [0.05, 0.1) is 7.85 Å². The first-order valence-electron chi connectivity index (χ1n) is 13.4. The molecule has 5 rings (SSSR count). The Labute approximate surface area is 198 Å². The van der Waals surface area contributed by atoms with Crippen LogP contribution in [0.2, 0.25) is 0 Å². The van der Waals surface area contributed by atoms with E-state index in [-0.39, 0.29) is 5.82 Å². The van der Waals surface area contributed by atoms with Crippen molar-refractivity contribution >= 4 is 7.85 Å². The maximum Gasteiger partial charge on any atom is 0.0829 e. The Balaban J connectivity index is 1.39. The number of benzene rings is 2. The lowest BCUT2D eigenvalue weighted by Gasteiger charge is -2.27. The molecule has 2 fully saturated rings. The predicted octanol–water partition coefficient (Wildman–Crippen LogP) is 8.28. The Morgan fingerprint density at radius 1 is 0.625 bits per heavy atom. The fourth-order valence-corrected chi connectivity index (χ4v) is 7.09. The van der Waals surface area contributed by atoms with E-state index in [9.17, 15) is 0 Å². The molecular formula is C31H41B. The van der Waals surface area contributed by atoms with Crippen molar-refractivity contribution in [2.75, 3.05) is 0 Å². The van der Waals surface area contributed by atoms with Crippen molar-refractivity contribution < 1.29 is 0 Å². The second kappa shape index (κ2) is 9.04. The lowest BCUT2D eigenvalue weighted by Crippen LogP contribution is -2.15. The predicted molar refractivity (Wildman–Crippen MR) is 139 cm³/mol. The molecule has 0 saturated heterocycles. The van der Waals surface area contributed by atoms with Gasteiger partial charge < -0.3 is 0 Å². The fourth-order valence-electron chi connectivity index (χ4n) is 7.09. The van der Waals surface area contributed by atoms with Crippen molar-refractivity contribution in [1.82, 2.24) is 0 Å². The average molecular weight is 424 g/mol. The summed E-state index contributed by atoms with van der Waals surface area (Å²) in [5, 5.41) is 0. The van der Waals surface area contributed by atoms with Crippen molar-refractivity contribution in [3.8, 4) is 11.1 Å². The molecule has 0 bridgehead atoms. The van der Waals surface area contributed by atoms with Crippen molar-refractivity contribution in [3.05, 3.63) is 57.6 Å². The zero-order valence-electron chi connectivity index (χ0n) is 20.8. The van der Waals surface area contributed by atoms with Crippen LogP contribution in [0.25, 0.3) is 11.1 Å². The highest BCUT2D eigenvalue weighted by Gasteiger charge is 2.31. The van der Waals surface area contributed by atoms with Gasteiger partial charge in [0, 0.05) is 0 Å². The van der Waals surface area contributed by atoms with E-state index in [0.717, 1.165) is 23.7 Å². The third kappa shape index (κ3) is 4.10. The van der Waals surface area contributed by atoms with Gasteiger partial charge in [-0.3, -0.25) is 0 Å². The summed E-state index contributed by atoms with van der Waals surface area (Å²) in [7, 11) is 7.00. The third-order valence-corrected chi connectivity index (χ3v) is 9.45. The molecule has 2 aromatic carbocycles. The van der Waals surface area contributed by atoms with Crippen molar-refractivity contribution in [2.24, 2.45) is 23.7 Å². The first-order chi connectivity index (χ1) is 15.4. The summed E-state index contributed by atoms with van der Waals surface area (Å²) >= 11 is 0. The van der Waals surface area contributed by atoms with Crippen LogP contribution in [-0.2, 0) is 12.8 Å². The van der Waals surface area contributed by atoms with Crippen LogP contribution in [-0.4, -0.2) is 7.85 Å². The highest BCUT2D eigenvalue weighted by molar-refractivity contribution is 6.18. The van der Waals surface area contributed by atoms with Crippen LogP contribution < -0.4 is 0 Å². The molecule has 0 unspecified atom stereocenters. The molecular weight excluding hydrogens is 383 g/mol. The second-order valence-corrected chi connectivity index (χ2v) is 11.8. The van der Waals surface area contributed by atoms with Gasteiger partial charge in [0.25, 0.3) is 0 Å². The molecule has 0 nitrogen and oxygen atoms in total. The Morgan fingerprint density at radius 3 is 1.38 bits per heavy atom. The summed E-state index contributed by atoms with van der Waals surface area (Å²) in [5.41, 5.74) is 11.6. The van der Waals surface area contributed by atoms with E-state index in [0.29, 0.717) is 0 Å². The van der Waals surface area contributed by atoms with Gasteiger partial charge in [0.1, 0.15) is 0 Å². The molecule has 2 saturated carbocycles. The van der Waals surface area contributed by atoms with Crippen LogP contribution in [0.4, 0.5) is 0 Å². The molecule has 0 spiro atoms. The normalized spacial score (nSPS) is 29.6. The van der Waals surface area contributed by atoms with E-state index in [1.165, 1.54) is 97.6 Å². The van der Waals surface area contributed by atoms with Gasteiger partial charge in [0.2, 0.25) is 0 Å². The fraction of sp³-hybridized carbons (Fsp3) is 0.613. The van der Waals surface area contributed by atoms with E-state index in [4.69, 9.17) is 7.85 Å². The van der Waals surface area contributed by atoms with Gasteiger partial charge in [-0.25, -0.2) is 0 Å². The summed E-state index contributed by atoms with van der Waals surface area (Å²) in [6, 6.07) is 9.60. The highest BCUT2D eigenvalue weighted by atomic mass is 14.3. The minimum Gasteiger partial charge on any atom is -0.0625 e. The summed E-state index contributed by atoms with van der Waals surface area (Å²) in [4.78, 5) is 0. The molecule has 0 aromatic heterocycles. The zero-order chi connectivity index (χ0) is 22.4. The summed E-state index contributed by atoms with van der Waals surface area (Å²) < 4.78 is 0. The average Bonchev–Trinajstić information content (AvgIpc) is 3.08.